The van der Waals surface area contributed by atoms with Crippen molar-refractivity contribution in [3.8, 4) is 11.5 Å². The molecule has 0 aromatic heterocycles. The average Bonchev–Trinajstić information content (AvgIpc) is 2.72. The van der Waals surface area contributed by atoms with Gasteiger partial charge >= 0.3 is 0 Å². The van der Waals surface area contributed by atoms with Crippen molar-refractivity contribution in [1.29, 1.82) is 0 Å². The third kappa shape index (κ3) is 4.63. The van der Waals surface area contributed by atoms with E-state index in [0.29, 0.717) is 18.7 Å². The first kappa shape index (κ1) is 17.5. The summed E-state index contributed by atoms with van der Waals surface area (Å²) in [5.74, 6) is 1.43. The SMILES string of the molecule is COc1ccc(C(=O)NCc2ccccc2COc2ccccc2)cc1. The normalized spacial score (nSPS) is 10.2. The van der Waals surface area contributed by atoms with Crippen LogP contribution >= 0.6 is 0 Å². The van der Waals surface area contributed by atoms with Crippen LogP contribution < -0.4 is 14.8 Å². The summed E-state index contributed by atoms with van der Waals surface area (Å²) < 4.78 is 10.9. The maximum Gasteiger partial charge on any atom is 0.251 e. The number of para-hydroxylation sites is 1. The van der Waals surface area contributed by atoms with Gasteiger partial charge in [-0.15, -0.1) is 0 Å². The van der Waals surface area contributed by atoms with E-state index in [2.05, 4.69) is 5.32 Å². The van der Waals surface area contributed by atoms with Gasteiger partial charge in [0.15, 0.2) is 0 Å². The Balaban J connectivity index is 1.61. The van der Waals surface area contributed by atoms with Gasteiger partial charge in [0.05, 0.1) is 7.11 Å². The van der Waals surface area contributed by atoms with Crippen LogP contribution in [-0.2, 0) is 13.2 Å². The number of nitrogens with one attached hydrogen (secondary N) is 1. The zero-order valence-corrected chi connectivity index (χ0v) is 14.6. The monoisotopic (exact) mass is 347 g/mol. The Bertz CT molecular complexity index is 845. The number of carbonyl (C=O) groups excluding carboxylic acids is 1. The van der Waals surface area contributed by atoms with E-state index in [-0.39, 0.29) is 5.91 Å². The molecule has 0 radical (unpaired) electrons. The number of benzene rings is 3. The van der Waals surface area contributed by atoms with Gasteiger partial charge < -0.3 is 14.8 Å². The molecule has 0 unspecified atom stereocenters. The largest absolute Gasteiger partial charge is 0.497 e. The molecule has 3 aromatic carbocycles. The molecule has 0 aliphatic heterocycles. The van der Waals surface area contributed by atoms with Crippen LogP contribution in [0.4, 0.5) is 0 Å². The summed E-state index contributed by atoms with van der Waals surface area (Å²) in [7, 11) is 1.60. The lowest BCUT2D eigenvalue weighted by atomic mass is 10.1. The highest BCUT2D eigenvalue weighted by atomic mass is 16.5. The average molecular weight is 347 g/mol. The number of amides is 1. The van der Waals surface area contributed by atoms with Crippen molar-refractivity contribution in [2.75, 3.05) is 7.11 Å². The molecule has 0 aliphatic carbocycles. The molecule has 0 saturated carbocycles. The van der Waals surface area contributed by atoms with Crippen LogP contribution in [0.5, 0.6) is 11.5 Å². The lowest BCUT2D eigenvalue weighted by Gasteiger charge is -2.12. The van der Waals surface area contributed by atoms with E-state index >= 15 is 0 Å². The van der Waals surface area contributed by atoms with E-state index in [1.54, 1.807) is 31.4 Å². The molecule has 4 heteroatoms. The van der Waals surface area contributed by atoms with Crippen LogP contribution in [0.2, 0.25) is 0 Å². The number of methoxy groups -OCH3 is 1. The summed E-state index contributed by atoms with van der Waals surface area (Å²) in [5.41, 5.74) is 2.68. The van der Waals surface area contributed by atoms with Crippen molar-refractivity contribution >= 4 is 5.91 Å². The van der Waals surface area contributed by atoms with Gasteiger partial charge in [0.25, 0.3) is 5.91 Å². The summed E-state index contributed by atoms with van der Waals surface area (Å²) in [6.45, 7) is 0.901. The second-order valence-electron chi connectivity index (χ2n) is 5.78. The maximum atomic E-state index is 12.3. The summed E-state index contributed by atoms with van der Waals surface area (Å²) in [4.78, 5) is 12.3. The number of ether oxygens (including phenoxy) is 2. The molecule has 132 valence electrons. The van der Waals surface area contributed by atoms with Crippen LogP contribution in [0.3, 0.4) is 0 Å². The third-order valence-corrected chi connectivity index (χ3v) is 4.05. The van der Waals surface area contributed by atoms with Crippen LogP contribution in [0.1, 0.15) is 21.5 Å². The van der Waals surface area contributed by atoms with Crippen LogP contribution in [0.25, 0.3) is 0 Å². The molecule has 0 atom stereocenters. The standard InChI is InChI=1S/C22H21NO3/c1-25-20-13-11-17(12-14-20)22(24)23-15-18-7-5-6-8-19(18)16-26-21-9-3-2-4-10-21/h2-14H,15-16H2,1H3,(H,23,24). The minimum absolute atomic E-state index is 0.119. The lowest BCUT2D eigenvalue weighted by molar-refractivity contribution is 0.0950. The summed E-state index contributed by atoms with van der Waals surface area (Å²) in [6, 6.07) is 24.7. The third-order valence-electron chi connectivity index (χ3n) is 4.05. The van der Waals surface area contributed by atoms with E-state index in [1.165, 1.54) is 0 Å². The fourth-order valence-electron chi connectivity index (χ4n) is 2.57. The predicted molar refractivity (Wildman–Crippen MR) is 101 cm³/mol. The zero-order valence-electron chi connectivity index (χ0n) is 14.6. The molecule has 1 N–H and O–H groups in total. The van der Waals surface area contributed by atoms with Crippen molar-refractivity contribution in [3.63, 3.8) is 0 Å². The van der Waals surface area contributed by atoms with Gasteiger partial charge in [-0.25, -0.2) is 0 Å². The number of rotatable bonds is 7. The first-order chi connectivity index (χ1) is 12.8. The Morgan fingerprint density at radius 2 is 1.46 bits per heavy atom. The Labute approximate surface area is 153 Å². The molecular weight excluding hydrogens is 326 g/mol. The van der Waals surface area contributed by atoms with E-state index in [9.17, 15) is 4.79 Å². The minimum Gasteiger partial charge on any atom is -0.497 e. The molecule has 3 aromatic rings. The van der Waals surface area contributed by atoms with Crippen LogP contribution in [0.15, 0.2) is 78.9 Å². The van der Waals surface area contributed by atoms with Crippen molar-refractivity contribution < 1.29 is 14.3 Å². The van der Waals surface area contributed by atoms with Gasteiger partial charge in [-0.3, -0.25) is 4.79 Å². The van der Waals surface area contributed by atoms with Crippen molar-refractivity contribution in [3.05, 3.63) is 95.6 Å². The minimum atomic E-state index is -0.119. The van der Waals surface area contributed by atoms with E-state index in [0.717, 1.165) is 22.6 Å². The fraction of sp³-hybridized carbons (Fsp3) is 0.136. The smallest absolute Gasteiger partial charge is 0.251 e. The second kappa shape index (κ2) is 8.72. The first-order valence-electron chi connectivity index (χ1n) is 8.43. The summed E-state index contributed by atoms with van der Waals surface area (Å²) >= 11 is 0. The highest BCUT2D eigenvalue weighted by Gasteiger charge is 2.08. The molecule has 26 heavy (non-hydrogen) atoms. The van der Waals surface area contributed by atoms with E-state index in [1.807, 2.05) is 54.6 Å². The molecule has 0 saturated heterocycles. The molecule has 0 aliphatic rings. The van der Waals surface area contributed by atoms with E-state index < -0.39 is 0 Å². The molecule has 0 bridgehead atoms. The molecule has 0 fully saturated rings. The first-order valence-corrected chi connectivity index (χ1v) is 8.43. The Kier molecular flexibility index (Phi) is 5.88. The fourth-order valence-corrected chi connectivity index (χ4v) is 2.57. The van der Waals surface area contributed by atoms with Gasteiger partial charge in [0.1, 0.15) is 18.1 Å². The molecular formula is C22H21NO3. The quantitative estimate of drug-likeness (QED) is 0.697. The van der Waals surface area contributed by atoms with Gasteiger partial charge in [-0.2, -0.15) is 0 Å². The molecule has 4 nitrogen and oxygen atoms in total. The topological polar surface area (TPSA) is 47.6 Å². The van der Waals surface area contributed by atoms with Gasteiger partial charge in [-0.1, -0.05) is 42.5 Å². The Morgan fingerprint density at radius 3 is 2.15 bits per heavy atom. The molecule has 0 spiro atoms. The van der Waals surface area contributed by atoms with E-state index in [4.69, 9.17) is 9.47 Å². The molecule has 1 amide bonds. The van der Waals surface area contributed by atoms with Gasteiger partial charge in [-0.05, 0) is 47.5 Å². The second-order valence-corrected chi connectivity index (χ2v) is 5.78. The molecule has 0 heterocycles. The zero-order chi connectivity index (χ0) is 18.2. The number of carbonyl (C=O) groups is 1. The van der Waals surface area contributed by atoms with Crippen molar-refractivity contribution in [2.24, 2.45) is 0 Å². The highest BCUT2D eigenvalue weighted by molar-refractivity contribution is 5.94. The predicted octanol–water partition coefficient (Wildman–Crippen LogP) is 4.20. The highest BCUT2D eigenvalue weighted by Crippen LogP contribution is 2.15. The summed E-state index contributed by atoms with van der Waals surface area (Å²) in [5, 5.41) is 2.96. The van der Waals surface area contributed by atoms with Crippen LogP contribution in [-0.4, -0.2) is 13.0 Å². The maximum absolute atomic E-state index is 12.3. The number of hydrogen-bond acceptors (Lipinski definition) is 3. The summed E-state index contributed by atoms with van der Waals surface area (Å²) in [6.07, 6.45) is 0. The van der Waals surface area contributed by atoms with Gasteiger partial charge in [0, 0.05) is 12.1 Å². The molecule has 3 rings (SSSR count). The lowest BCUT2D eigenvalue weighted by Crippen LogP contribution is -2.23. The number of hydrogen-bond donors (Lipinski definition) is 1. The van der Waals surface area contributed by atoms with Gasteiger partial charge in [0.2, 0.25) is 0 Å². The van der Waals surface area contributed by atoms with Crippen LogP contribution in [0, 0.1) is 0 Å². The Hall–Kier alpha value is -3.27. The van der Waals surface area contributed by atoms with Crippen molar-refractivity contribution in [1.82, 2.24) is 5.32 Å². The Morgan fingerprint density at radius 1 is 0.808 bits per heavy atom. The van der Waals surface area contributed by atoms with Crippen molar-refractivity contribution in [2.45, 2.75) is 13.2 Å².